The molecule has 1 aliphatic carbocycles. The third-order valence-electron chi connectivity index (χ3n) is 3.56. The molecule has 1 aromatic carbocycles. The van der Waals surface area contributed by atoms with E-state index in [1.165, 1.54) is 24.0 Å². The van der Waals surface area contributed by atoms with Crippen LogP contribution in [0.1, 0.15) is 57.6 Å². The Hall–Kier alpha value is -1.35. The number of amides is 1. The van der Waals surface area contributed by atoms with Gasteiger partial charge in [-0.3, -0.25) is 4.79 Å². The average molecular weight is 274 g/mol. The number of hydrogen-bond donors (Lipinski definition) is 2. The molecule has 3 heteroatoms. The standard InChI is InChI=1S/C17H26N2O/c1-12(16(20)19-17(2,3)4)18-11-14-7-5-6-8-15(14)13-9-10-13/h5-8,12-13,18H,9-11H2,1-4H3,(H,19,20). The SMILES string of the molecule is CC(NCc1ccccc1C1CC1)C(=O)NC(C)(C)C. The van der Waals surface area contributed by atoms with Gasteiger partial charge in [0.2, 0.25) is 5.91 Å². The normalized spacial score (nSPS) is 16.8. The monoisotopic (exact) mass is 274 g/mol. The molecule has 2 rings (SSSR count). The number of carbonyl (C=O) groups excluding carboxylic acids is 1. The Morgan fingerprint density at radius 3 is 2.55 bits per heavy atom. The molecular weight excluding hydrogens is 248 g/mol. The Kier molecular flexibility index (Phi) is 4.48. The minimum absolute atomic E-state index is 0.0569. The van der Waals surface area contributed by atoms with Gasteiger partial charge in [0.1, 0.15) is 0 Å². The van der Waals surface area contributed by atoms with Crippen LogP contribution < -0.4 is 10.6 Å². The van der Waals surface area contributed by atoms with Crippen LogP contribution in [0.25, 0.3) is 0 Å². The topological polar surface area (TPSA) is 41.1 Å². The van der Waals surface area contributed by atoms with Crippen LogP contribution in [-0.2, 0) is 11.3 Å². The molecule has 0 saturated heterocycles. The van der Waals surface area contributed by atoms with Gasteiger partial charge < -0.3 is 10.6 Å². The van der Waals surface area contributed by atoms with Gasteiger partial charge in [-0.1, -0.05) is 24.3 Å². The van der Waals surface area contributed by atoms with Crippen molar-refractivity contribution in [2.24, 2.45) is 0 Å². The highest BCUT2D eigenvalue weighted by Gasteiger charge is 2.26. The van der Waals surface area contributed by atoms with Gasteiger partial charge in [-0.05, 0) is 57.6 Å². The summed E-state index contributed by atoms with van der Waals surface area (Å²) in [6.45, 7) is 8.67. The van der Waals surface area contributed by atoms with E-state index in [2.05, 4.69) is 34.9 Å². The smallest absolute Gasteiger partial charge is 0.237 e. The number of carbonyl (C=O) groups is 1. The minimum Gasteiger partial charge on any atom is -0.350 e. The maximum absolute atomic E-state index is 12.0. The lowest BCUT2D eigenvalue weighted by atomic mass is 10.0. The molecule has 1 saturated carbocycles. The summed E-state index contributed by atoms with van der Waals surface area (Å²) in [5.74, 6) is 0.799. The van der Waals surface area contributed by atoms with Gasteiger partial charge in [0, 0.05) is 12.1 Å². The van der Waals surface area contributed by atoms with E-state index in [4.69, 9.17) is 0 Å². The first-order valence-electron chi connectivity index (χ1n) is 7.50. The van der Waals surface area contributed by atoms with Gasteiger partial charge in [0.05, 0.1) is 6.04 Å². The van der Waals surface area contributed by atoms with E-state index in [0.717, 1.165) is 12.5 Å². The second kappa shape index (κ2) is 5.96. The van der Waals surface area contributed by atoms with Crippen molar-refractivity contribution >= 4 is 5.91 Å². The van der Waals surface area contributed by atoms with Crippen LogP contribution in [0.4, 0.5) is 0 Å². The number of nitrogens with one attached hydrogen (secondary N) is 2. The summed E-state index contributed by atoms with van der Waals surface area (Å²) in [4.78, 5) is 12.0. The summed E-state index contributed by atoms with van der Waals surface area (Å²) in [6.07, 6.45) is 2.61. The van der Waals surface area contributed by atoms with Crippen LogP contribution in [0.15, 0.2) is 24.3 Å². The lowest BCUT2D eigenvalue weighted by Gasteiger charge is -2.24. The van der Waals surface area contributed by atoms with Crippen LogP contribution in [0.5, 0.6) is 0 Å². The Morgan fingerprint density at radius 2 is 1.95 bits per heavy atom. The largest absolute Gasteiger partial charge is 0.350 e. The minimum atomic E-state index is -0.182. The number of rotatable bonds is 5. The lowest BCUT2D eigenvalue weighted by molar-refractivity contribution is -0.124. The van der Waals surface area contributed by atoms with Gasteiger partial charge in [0.15, 0.2) is 0 Å². The maximum atomic E-state index is 12.0. The Bertz CT molecular complexity index is 472. The number of benzene rings is 1. The molecule has 0 bridgehead atoms. The summed E-state index contributed by atoms with van der Waals surface area (Å²) in [6, 6.07) is 8.38. The van der Waals surface area contributed by atoms with Crippen LogP contribution >= 0.6 is 0 Å². The molecule has 0 radical (unpaired) electrons. The fourth-order valence-electron chi connectivity index (χ4n) is 2.32. The molecule has 2 N–H and O–H groups in total. The fourth-order valence-corrected chi connectivity index (χ4v) is 2.32. The lowest BCUT2D eigenvalue weighted by Crippen LogP contribution is -2.49. The van der Waals surface area contributed by atoms with Crippen LogP contribution in [0.3, 0.4) is 0 Å². The maximum Gasteiger partial charge on any atom is 0.237 e. The predicted molar refractivity (Wildman–Crippen MR) is 82.6 cm³/mol. The summed E-state index contributed by atoms with van der Waals surface area (Å²) in [5, 5.41) is 6.34. The van der Waals surface area contributed by atoms with Gasteiger partial charge in [-0.2, -0.15) is 0 Å². The van der Waals surface area contributed by atoms with Crippen LogP contribution in [0.2, 0.25) is 0 Å². The molecule has 0 heterocycles. The molecule has 1 unspecified atom stereocenters. The zero-order chi connectivity index (χ0) is 14.8. The van der Waals surface area contributed by atoms with E-state index in [0.29, 0.717) is 0 Å². The second-order valence-electron chi connectivity index (χ2n) is 6.81. The first kappa shape index (κ1) is 15.0. The zero-order valence-electron chi connectivity index (χ0n) is 13.0. The zero-order valence-corrected chi connectivity index (χ0v) is 13.0. The van der Waals surface area contributed by atoms with E-state index in [1.54, 1.807) is 0 Å². The van der Waals surface area contributed by atoms with Crippen molar-refractivity contribution in [1.82, 2.24) is 10.6 Å². The second-order valence-corrected chi connectivity index (χ2v) is 6.81. The van der Waals surface area contributed by atoms with Crippen molar-refractivity contribution in [3.8, 4) is 0 Å². The predicted octanol–water partition coefficient (Wildman–Crippen LogP) is 2.96. The summed E-state index contributed by atoms with van der Waals surface area (Å²) >= 11 is 0. The highest BCUT2D eigenvalue weighted by molar-refractivity contribution is 5.81. The van der Waals surface area contributed by atoms with Gasteiger partial charge >= 0.3 is 0 Å². The molecule has 0 aliphatic heterocycles. The summed E-state index contributed by atoms with van der Waals surface area (Å²) in [5.41, 5.74) is 2.59. The van der Waals surface area contributed by atoms with Crippen LogP contribution in [-0.4, -0.2) is 17.5 Å². The van der Waals surface area contributed by atoms with Crippen molar-refractivity contribution in [1.29, 1.82) is 0 Å². The van der Waals surface area contributed by atoms with Gasteiger partial charge in [0.25, 0.3) is 0 Å². The number of hydrogen-bond acceptors (Lipinski definition) is 2. The van der Waals surface area contributed by atoms with E-state index >= 15 is 0 Å². The molecule has 1 aliphatic rings. The van der Waals surface area contributed by atoms with Crippen molar-refractivity contribution < 1.29 is 4.79 Å². The molecule has 1 fully saturated rings. The highest BCUT2D eigenvalue weighted by Crippen LogP contribution is 2.41. The van der Waals surface area contributed by atoms with E-state index in [1.807, 2.05) is 27.7 Å². The van der Waals surface area contributed by atoms with Crippen molar-refractivity contribution in [2.75, 3.05) is 0 Å². The van der Waals surface area contributed by atoms with Crippen molar-refractivity contribution in [3.05, 3.63) is 35.4 Å². The van der Waals surface area contributed by atoms with Crippen molar-refractivity contribution in [3.63, 3.8) is 0 Å². The molecule has 1 atom stereocenters. The molecule has 0 aromatic heterocycles. The van der Waals surface area contributed by atoms with Gasteiger partial charge in [-0.25, -0.2) is 0 Å². The third kappa shape index (κ3) is 4.34. The van der Waals surface area contributed by atoms with Gasteiger partial charge in [-0.15, -0.1) is 0 Å². The Morgan fingerprint density at radius 1 is 1.30 bits per heavy atom. The quantitative estimate of drug-likeness (QED) is 0.866. The molecule has 20 heavy (non-hydrogen) atoms. The first-order valence-corrected chi connectivity index (χ1v) is 7.50. The van der Waals surface area contributed by atoms with Crippen LogP contribution in [0, 0.1) is 0 Å². The van der Waals surface area contributed by atoms with E-state index < -0.39 is 0 Å². The molecule has 110 valence electrons. The van der Waals surface area contributed by atoms with E-state index in [-0.39, 0.29) is 17.5 Å². The third-order valence-corrected chi connectivity index (χ3v) is 3.56. The summed E-state index contributed by atoms with van der Waals surface area (Å²) < 4.78 is 0. The Labute approximate surface area is 122 Å². The Balaban J connectivity index is 1.90. The summed E-state index contributed by atoms with van der Waals surface area (Å²) in [7, 11) is 0. The first-order chi connectivity index (χ1) is 9.37. The molecule has 1 amide bonds. The average Bonchev–Trinajstić information content (AvgIpc) is 3.18. The molecule has 1 aromatic rings. The molecular formula is C17H26N2O. The van der Waals surface area contributed by atoms with Crippen molar-refractivity contribution in [2.45, 2.75) is 64.6 Å². The molecule has 0 spiro atoms. The highest BCUT2D eigenvalue weighted by atomic mass is 16.2. The van der Waals surface area contributed by atoms with E-state index in [9.17, 15) is 4.79 Å². The molecule has 3 nitrogen and oxygen atoms in total. The fraction of sp³-hybridized carbons (Fsp3) is 0.588.